The van der Waals surface area contributed by atoms with Gasteiger partial charge in [0, 0.05) is 17.3 Å². The van der Waals surface area contributed by atoms with E-state index in [1.807, 2.05) is 0 Å². The Morgan fingerprint density at radius 1 is 1.03 bits per heavy atom. The number of ether oxygens (including phenoxy) is 2. The molecule has 0 bridgehead atoms. The summed E-state index contributed by atoms with van der Waals surface area (Å²) in [4.78, 5) is 0.112. The van der Waals surface area contributed by atoms with Crippen LogP contribution in [-0.2, 0) is 16.6 Å². The van der Waals surface area contributed by atoms with Gasteiger partial charge in [-0.2, -0.15) is 0 Å². The van der Waals surface area contributed by atoms with E-state index < -0.39 is 10.0 Å². The molecule has 3 heterocycles. The van der Waals surface area contributed by atoms with Gasteiger partial charge in [-0.05, 0) is 42.0 Å². The number of hydrogen-bond acceptors (Lipinski definition) is 6. The van der Waals surface area contributed by atoms with Crippen molar-refractivity contribution >= 4 is 33.0 Å². The molecule has 0 N–H and O–H groups in total. The maximum absolute atomic E-state index is 13.6. The van der Waals surface area contributed by atoms with Crippen molar-refractivity contribution in [1.29, 1.82) is 0 Å². The van der Waals surface area contributed by atoms with Crippen LogP contribution in [0.25, 0.3) is 5.65 Å². The summed E-state index contributed by atoms with van der Waals surface area (Å²) in [5.41, 5.74) is 1.80. The van der Waals surface area contributed by atoms with Crippen molar-refractivity contribution in [3.63, 3.8) is 0 Å². The molecule has 152 valence electrons. The van der Waals surface area contributed by atoms with Crippen LogP contribution in [0.15, 0.2) is 72.0 Å². The number of pyridine rings is 1. The summed E-state index contributed by atoms with van der Waals surface area (Å²) in [6, 6.07) is 15.2. The quantitative estimate of drug-likeness (QED) is 0.470. The third kappa shape index (κ3) is 3.31. The number of aromatic nitrogens is 3. The Morgan fingerprint density at radius 2 is 1.83 bits per heavy atom. The molecule has 0 saturated carbocycles. The Morgan fingerprint density at radius 3 is 2.67 bits per heavy atom. The van der Waals surface area contributed by atoms with Crippen LogP contribution in [0.5, 0.6) is 11.5 Å². The van der Waals surface area contributed by atoms with Gasteiger partial charge in [-0.1, -0.05) is 23.7 Å². The molecule has 0 aliphatic carbocycles. The third-order valence-electron chi connectivity index (χ3n) is 4.74. The van der Waals surface area contributed by atoms with Crippen molar-refractivity contribution in [2.24, 2.45) is 0 Å². The topological polar surface area (TPSA) is 86.0 Å². The number of halogens is 1. The van der Waals surface area contributed by atoms with E-state index in [1.54, 1.807) is 52.9 Å². The van der Waals surface area contributed by atoms with Gasteiger partial charge in [-0.3, -0.25) is 8.71 Å². The van der Waals surface area contributed by atoms with Crippen molar-refractivity contribution < 1.29 is 17.9 Å². The maximum Gasteiger partial charge on any atom is 0.266 e. The van der Waals surface area contributed by atoms with Crippen molar-refractivity contribution in [2.75, 3.05) is 11.1 Å². The Bertz CT molecular complexity index is 1340. The number of rotatable bonds is 5. The fourth-order valence-corrected chi connectivity index (χ4v) is 4.78. The van der Waals surface area contributed by atoms with Gasteiger partial charge in [0.05, 0.1) is 12.2 Å². The number of sulfonamides is 1. The summed E-state index contributed by atoms with van der Waals surface area (Å²) in [6.45, 7) is 0.215. The molecule has 0 spiro atoms. The summed E-state index contributed by atoms with van der Waals surface area (Å²) in [6.07, 6.45) is 2.95. The lowest BCUT2D eigenvalue weighted by Crippen LogP contribution is -2.30. The zero-order valence-electron chi connectivity index (χ0n) is 15.5. The van der Waals surface area contributed by atoms with Crippen molar-refractivity contribution in [1.82, 2.24) is 14.6 Å². The minimum Gasteiger partial charge on any atom is -0.454 e. The molecule has 0 amide bonds. The average molecular weight is 443 g/mol. The molecule has 5 rings (SSSR count). The Labute approximate surface area is 177 Å². The van der Waals surface area contributed by atoms with E-state index >= 15 is 0 Å². The first-order valence-electron chi connectivity index (χ1n) is 8.97. The fraction of sp³-hybridized carbons (Fsp3) is 0.100. The summed E-state index contributed by atoms with van der Waals surface area (Å²) < 4.78 is 41.0. The molecule has 2 aromatic carbocycles. The molecule has 0 unspecified atom stereocenters. The van der Waals surface area contributed by atoms with E-state index in [2.05, 4.69) is 10.2 Å². The summed E-state index contributed by atoms with van der Waals surface area (Å²) in [5, 5.41) is 8.30. The zero-order chi connectivity index (χ0) is 20.7. The van der Waals surface area contributed by atoms with Crippen LogP contribution in [0, 0.1) is 0 Å². The molecule has 8 nitrogen and oxygen atoms in total. The number of anilines is 1. The van der Waals surface area contributed by atoms with Gasteiger partial charge in [-0.15, -0.1) is 10.2 Å². The molecule has 0 fully saturated rings. The lowest BCUT2D eigenvalue weighted by molar-refractivity contribution is 0.174. The van der Waals surface area contributed by atoms with Crippen molar-refractivity contribution in [3.05, 3.63) is 77.7 Å². The molecule has 10 heteroatoms. The van der Waals surface area contributed by atoms with E-state index in [9.17, 15) is 8.42 Å². The van der Waals surface area contributed by atoms with Gasteiger partial charge < -0.3 is 9.47 Å². The number of fused-ring (bicyclic) bond motifs is 2. The van der Waals surface area contributed by atoms with Gasteiger partial charge in [0.15, 0.2) is 17.1 Å². The van der Waals surface area contributed by atoms with Gasteiger partial charge in [0.2, 0.25) is 6.79 Å². The van der Waals surface area contributed by atoms with Crippen LogP contribution in [0.2, 0.25) is 5.02 Å². The lowest BCUT2D eigenvalue weighted by atomic mass is 10.2. The van der Waals surface area contributed by atoms with Crippen LogP contribution >= 0.6 is 11.6 Å². The average Bonchev–Trinajstić information content (AvgIpc) is 3.41. The Hall–Kier alpha value is -3.30. The monoisotopic (exact) mass is 442 g/mol. The van der Waals surface area contributed by atoms with Gasteiger partial charge in [-0.25, -0.2) is 8.42 Å². The number of nitrogens with zero attached hydrogens (tertiary/aromatic N) is 4. The number of benzene rings is 2. The van der Waals surface area contributed by atoms with Gasteiger partial charge in [0.1, 0.15) is 11.2 Å². The largest absolute Gasteiger partial charge is 0.454 e. The normalized spacial score (nSPS) is 13.0. The highest BCUT2D eigenvalue weighted by Crippen LogP contribution is 2.37. The highest BCUT2D eigenvalue weighted by Gasteiger charge is 2.27. The predicted molar refractivity (Wildman–Crippen MR) is 110 cm³/mol. The Balaban J connectivity index is 1.61. The standard InChI is InChI=1S/C20H15ClN4O4S/c21-15-3-1-14(2-4-15)10-25(16-5-7-18-19(9-16)29-13-28-18)30(26,27)17-6-8-20-23-22-12-24(20)11-17/h1-9,11-12H,10,13H2. The minimum absolute atomic E-state index is 0.104. The molecule has 30 heavy (non-hydrogen) atoms. The van der Waals surface area contributed by atoms with E-state index in [0.717, 1.165) is 5.56 Å². The smallest absolute Gasteiger partial charge is 0.266 e. The van der Waals surface area contributed by atoms with E-state index in [-0.39, 0.29) is 18.2 Å². The van der Waals surface area contributed by atoms with E-state index in [4.69, 9.17) is 21.1 Å². The van der Waals surface area contributed by atoms with Crippen LogP contribution < -0.4 is 13.8 Å². The first kappa shape index (κ1) is 18.7. The highest BCUT2D eigenvalue weighted by molar-refractivity contribution is 7.92. The van der Waals surface area contributed by atoms with Crippen LogP contribution in [0.1, 0.15) is 5.56 Å². The van der Waals surface area contributed by atoms with Crippen molar-refractivity contribution in [2.45, 2.75) is 11.4 Å². The number of hydrogen-bond donors (Lipinski definition) is 0. The second-order valence-corrected chi connectivity index (χ2v) is 8.94. The lowest BCUT2D eigenvalue weighted by Gasteiger charge is -2.25. The SMILES string of the molecule is O=S(=O)(c1ccc2nncn2c1)N(Cc1ccc(Cl)cc1)c1ccc2c(c1)OCO2. The molecular weight excluding hydrogens is 428 g/mol. The van der Waals surface area contributed by atoms with Gasteiger partial charge >= 0.3 is 0 Å². The molecular formula is C20H15ClN4O4S. The molecule has 0 radical (unpaired) electrons. The molecule has 0 atom stereocenters. The minimum atomic E-state index is -3.92. The first-order valence-corrected chi connectivity index (χ1v) is 10.8. The van der Waals surface area contributed by atoms with Crippen LogP contribution in [-0.4, -0.2) is 29.8 Å². The molecule has 1 aliphatic heterocycles. The second-order valence-electron chi connectivity index (χ2n) is 6.64. The van der Waals surface area contributed by atoms with E-state index in [0.29, 0.717) is 27.9 Å². The Kier molecular flexibility index (Phi) is 4.48. The van der Waals surface area contributed by atoms with Gasteiger partial charge in [0.25, 0.3) is 10.0 Å². The maximum atomic E-state index is 13.6. The third-order valence-corrected chi connectivity index (χ3v) is 6.74. The zero-order valence-corrected chi connectivity index (χ0v) is 17.0. The summed E-state index contributed by atoms with van der Waals surface area (Å²) in [5.74, 6) is 1.08. The molecule has 0 saturated heterocycles. The van der Waals surface area contributed by atoms with Crippen LogP contribution in [0.3, 0.4) is 0 Å². The van der Waals surface area contributed by atoms with E-state index in [1.165, 1.54) is 22.9 Å². The van der Waals surface area contributed by atoms with Crippen molar-refractivity contribution in [3.8, 4) is 11.5 Å². The molecule has 2 aromatic heterocycles. The predicted octanol–water partition coefficient (Wildman–Crippen LogP) is 3.51. The second kappa shape index (κ2) is 7.19. The highest BCUT2D eigenvalue weighted by atomic mass is 35.5. The fourth-order valence-electron chi connectivity index (χ4n) is 3.20. The molecule has 1 aliphatic rings. The molecule has 4 aromatic rings. The van der Waals surface area contributed by atoms with Crippen LogP contribution in [0.4, 0.5) is 5.69 Å². The summed E-state index contributed by atoms with van der Waals surface area (Å²) in [7, 11) is -3.92. The first-order chi connectivity index (χ1) is 14.5. The summed E-state index contributed by atoms with van der Waals surface area (Å²) >= 11 is 5.98.